The smallest absolute Gasteiger partial charge is 0.153 e. The molecule has 0 unspecified atom stereocenters. The number of fused-ring (bicyclic) bond motifs is 1. The van der Waals surface area contributed by atoms with E-state index in [1.54, 1.807) is 0 Å². The molecule has 2 aromatic carbocycles. The standard InChI is InChI=1S/C30H35NO/c1-18(2)24-10-9-11-25(19(3)4)29(24)27-16-22-15-26(31-17-28(22)32-27)21-12-20(5)13-23(14-21)30(6,7)8/h9-19H,1-8H3. The number of pyridine rings is 1. The van der Waals surface area contributed by atoms with Gasteiger partial charge >= 0.3 is 0 Å². The van der Waals surface area contributed by atoms with E-state index in [4.69, 9.17) is 9.40 Å². The zero-order valence-electron chi connectivity index (χ0n) is 20.7. The molecular formula is C30H35NO. The molecule has 2 nitrogen and oxygen atoms in total. The van der Waals surface area contributed by atoms with Crippen LogP contribution in [0.25, 0.3) is 33.6 Å². The summed E-state index contributed by atoms with van der Waals surface area (Å²) < 4.78 is 6.37. The van der Waals surface area contributed by atoms with E-state index in [2.05, 4.69) is 104 Å². The summed E-state index contributed by atoms with van der Waals surface area (Å²) >= 11 is 0. The van der Waals surface area contributed by atoms with Crippen molar-refractivity contribution in [1.29, 1.82) is 0 Å². The molecule has 0 spiro atoms. The minimum atomic E-state index is 0.0987. The molecule has 0 fully saturated rings. The lowest BCUT2D eigenvalue weighted by molar-refractivity contribution is 0.590. The van der Waals surface area contributed by atoms with Crippen LogP contribution in [-0.4, -0.2) is 4.98 Å². The molecule has 0 N–H and O–H groups in total. The highest BCUT2D eigenvalue weighted by molar-refractivity contribution is 5.87. The lowest BCUT2D eigenvalue weighted by Crippen LogP contribution is -2.11. The molecule has 2 heterocycles. The van der Waals surface area contributed by atoms with E-state index >= 15 is 0 Å². The first kappa shape index (κ1) is 22.3. The van der Waals surface area contributed by atoms with Crippen LogP contribution in [0.15, 0.2) is 59.1 Å². The summed E-state index contributed by atoms with van der Waals surface area (Å²) in [5.41, 5.74) is 9.56. The van der Waals surface area contributed by atoms with Gasteiger partial charge in [0.2, 0.25) is 0 Å². The molecule has 0 atom stereocenters. The summed E-state index contributed by atoms with van der Waals surface area (Å²) in [5, 5.41) is 1.09. The van der Waals surface area contributed by atoms with Crippen molar-refractivity contribution in [2.45, 2.75) is 72.6 Å². The normalized spacial score (nSPS) is 12.3. The van der Waals surface area contributed by atoms with Crippen LogP contribution in [0.5, 0.6) is 0 Å². The summed E-state index contributed by atoms with van der Waals surface area (Å²) in [6.07, 6.45) is 1.88. The first-order chi connectivity index (χ1) is 15.0. The van der Waals surface area contributed by atoms with E-state index in [0.29, 0.717) is 11.8 Å². The molecule has 0 bridgehead atoms. The highest BCUT2D eigenvalue weighted by Crippen LogP contribution is 2.39. The second kappa shape index (κ2) is 8.24. The summed E-state index contributed by atoms with van der Waals surface area (Å²) in [7, 11) is 0. The van der Waals surface area contributed by atoms with Crippen LogP contribution in [0.4, 0.5) is 0 Å². The Labute approximate surface area is 192 Å². The van der Waals surface area contributed by atoms with E-state index in [9.17, 15) is 0 Å². The van der Waals surface area contributed by atoms with Gasteiger partial charge in [-0.2, -0.15) is 0 Å². The second-order valence-corrected chi connectivity index (χ2v) is 10.7. The number of furan rings is 1. The molecule has 0 saturated carbocycles. The predicted molar refractivity (Wildman–Crippen MR) is 136 cm³/mol. The maximum Gasteiger partial charge on any atom is 0.153 e. The molecule has 0 aliphatic rings. The fourth-order valence-corrected chi connectivity index (χ4v) is 4.43. The monoisotopic (exact) mass is 425 g/mol. The molecule has 4 rings (SSSR count). The van der Waals surface area contributed by atoms with Crippen LogP contribution in [-0.2, 0) is 5.41 Å². The van der Waals surface area contributed by atoms with E-state index < -0.39 is 0 Å². The van der Waals surface area contributed by atoms with Crippen LogP contribution in [0.3, 0.4) is 0 Å². The molecule has 0 saturated heterocycles. The Morgan fingerprint density at radius 2 is 1.50 bits per heavy atom. The highest BCUT2D eigenvalue weighted by atomic mass is 16.3. The highest BCUT2D eigenvalue weighted by Gasteiger charge is 2.20. The summed E-state index contributed by atoms with van der Waals surface area (Å²) in [4.78, 5) is 4.77. The van der Waals surface area contributed by atoms with Gasteiger partial charge in [0.05, 0.1) is 11.9 Å². The third-order valence-corrected chi connectivity index (χ3v) is 6.26. The lowest BCUT2D eigenvalue weighted by atomic mass is 9.85. The topological polar surface area (TPSA) is 26.0 Å². The SMILES string of the molecule is Cc1cc(-c2cc3cc(-c4c(C(C)C)cccc4C(C)C)oc3cn2)cc(C(C)(C)C)c1. The fraction of sp³-hybridized carbons (Fsp3) is 0.367. The maximum atomic E-state index is 6.37. The van der Waals surface area contributed by atoms with Crippen LogP contribution < -0.4 is 0 Å². The molecular weight excluding hydrogens is 390 g/mol. The zero-order valence-corrected chi connectivity index (χ0v) is 20.7. The molecule has 2 heteroatoms. The van der Waals surface area contributed by atoms with Gasteiger partial charge in [0.1, 0.15) is 5.76 Å². The van der Waals surface area contributed by atoms with Gasteiger partial charge in [-0.3, -0.25) is 4.98 Å². The van der Waals surface area contributed by atoms with Crippen molar-refractivity contribution in [3.63, 3.8) is 0 Å². The van der Waals surface area contributed by atoms with Gasteiger partial charge in [-0.15, -0.1) is 0 Å². The fourth-order valence-electron chi connectivity index (χ4n) is 4.43. The Morgan fingerprint density at radius 1 is 0.844 bits per heavy atom. The quantitative estimate of drug-likeness (QED) is 0.326. The van der Waals surface area contributed by atoms with Crippen molar-refractivity contribution in [3.05, 3.63) is 77.0 Å². The van der Waals surface area contributed by atoms with Crippen molar-refractivity contribution < 1.29 is 4.42 Å². The van der Waals surface area contributed by atoms with E-state index in [-0.39, 0.29) is 5.41 Å². The van der Waals surface area contributed by atoms with Crippen molar-refractivity contribution >= 4 is 11.0 Å². The van der Waals surface area contributed by atoms with Crippen molar-refractivity contribution in [1.82, 2.24) is 4.98 Å². The van der Waals surface area contributed by atoms with Gasteiger partial charge in [-0.25, -0.2) is 0 Å². The summed E-state index contributed by atoms with van der Waals surface area (Å²) in [5.74, 6) is 1.79. The van der Waals surface area contributed by atoms with E-state index in [0.717, 1.165) is 28.0 Å². The van der Waals surface area contributed by atoms with Gasteiger partial charge in [0.25, 0.3) is 0 Å². The Bertz CT molecular complexity index is 1240. The largest absolute Gasteiger partial charge is 0.454 e. The van der Waals surface area contributed by atoms with E-state index in [1.807, 2.05) is 6.20 Å². The van der Waals surface area contributed by atoms with Gasteiger partial charge < -0.3 is 4.42 Å². The molecule has 32 heavy (non-hydrogen) atoms. The molecule has 0 aliphatic carbocycles. The second-order valence-electron chi connectivity index (χ2n) is 10.7. The van der Waals surface area contributed by atoms with Crippen molar-refractivity contribution in [2.24, 2.45) is 0 Å². The number of aromatic nitrogens is 1. The van der Waals surface area contributed by atoms with Gasteiger partial charge in [-0.05, 0) is 65.1 Å². The molecule has 2 aromatic heterocycles. The van der Waals surface area contributed by atoms with Gasteiger partial charge in [0, 0.05) is 16.5 Å². The van der Waals surface area contributed by atoms with Crippen LogP contribution in [0.2, 0.25) is 0 Å². The molecule has 4 aromatic rings. The molecule has 0 radical (unpaired) electrons. The maximum absolute atomic E-state index is 6.37. The average molecular weight is 426 g/mol. The zero-order chi connectivity index (χ0) is 23.2. The molecule has 166 valence electrons. The summed E-state index contributed by atoms with van der Waals surface area (Å²) in [6.45, 7) is 17.9. The third kappa shape index (κ3) is 4.24. The Balaban J connectivity index is 1.86. The van der Waals surface area contributed by atoms with Crippen LogP contribution >= 0.6 is 0 Å². The lowest BCUT2D eigenvalue weighted by Gasteiger charge is -2.20. The Morgan fingerprint density at radius 3 is 2.09 bits per heavy atom. The minimum absolute atomic E-state index is 0.0987. The number of benzene rings is 2. The van der Waals surface area contributed by atoms with Crippen molar-refractivity contribution in [2.75, 3.05) is 0 Å². The Hall–Kier alpha value is -2.87. The minimum Gasteiger partial charge on any atom is -0.454 e. The first-order valence-corrected chi connectivity index (χ1v) is 11.7. The number of hydrogen-bond acceptors (Lipinski definition) is 2. The number of aryl methyl sites for hydroxylation is 1. The Kier molecular flexibility index (Phi) is 5.75. The average Bonchev–Trinajstić information content (AvgIpc) is 3.15. The first-order valence-electron chi connectivity index (χ1n) is 11.7. The number of rotatable bonds is 4. The predicted octanol–water partition coefficient (Wildman–Crippen LogP) is 9.01. The van der Waals surface area contributed by atoms with E-state index in [1.165, 1.54) is 27.8 Å². The molecule has 0 amide bonds. The number of hydrogen-bond donors (Lipinski definition) is 0. The van der Waals surface area contributed by atoms with Gasteiger partial charge in [-0.1, -0.05) is 78.3 Å². The number of nitrogens with zero attached hydrogens (tertiary/aromatic N) is 1. The van der Waals surface area contributed by atoms with Crippen molar-refractivity contribution in [3.8, 4) is 22.6 Å². The van der Waals surface area contributed by atoms with Crippen LogP contribution in [0.1, 0.15) is 82.6 Å². The molecule has 0 aliphatic heterocycles. The van der Waals surface area contributed by atoms with Gasteiger partial charge in [0.15, 0.2) is 5.58 Å². The van der Waals surface area contributed by atoms with Crippen LogP contribution in [0, 0.1) is 6.92 Å². The summed E-state index contributed by atoms with van der Waals surface area (Å²) in [6, 6.07) is 17.7. The third-order valence-electron chi connectivity index (χ3n) is 6.26.